The molecule has 0 spiro atoms. The van der Waals surface area contributed by atoms with Crippen molar-refractivity contribution in [2.24, 2.45) is 0 Å². The number of nitrogens with zero attached hydrogens (tertiary/aromatic N) is 1. The Labute approximate surface area is 284 Å². The molecule has 0 aromatic heterocycles. The minimum absolute atomic E-state index is 0.411. The highest BCUT2D eigenvalue weighted by Gasteiger charge is 2.28. The topological polar surface area (TPSA) is 49.8 Å². The third-order valence-corrected chi connectivity index (χ3v) is 11.3. The number of rotatable bonds is 39. The Hall–Kier alpha value is 0.110. The lowest BCUT2D eigenvalue weighted by Gasteiger charge is -2.26. The zero-order valence-electron chi connectivity index (χ0n) is 31.3. The maximum Gasteiger partial charge on any atom is 0.405 e. The molecule has 1 N–H and O–H groups in total. The average molecular weight is 658 g/mol. The van der Waals surface area contributed by atoms with Crippen molar-refractivity contribution in [2.45, 2.75) is 239 Å². The summed E-state index contributed by atoms with van der Waals surface area (Å²) >= 11 is 0. The summed E-state index contributed by atoms with van der Waals surface area (Å²) in [5.74, 6) is 0. The first-order valence-electron chi connectivity index (χ1n) is 20.8. The maximum absolute atomic E-state index is 13.2. The van der Waals surface area contributed by atoms with Gasteiger partial charge in [-0.3, -0.25) is 4.52 Å². The Morgan fingerprint density at radius 2 is 0.600 bits per heavy atom. The fraction of sp³-hybridized carbons (Fsp3) is 1.00. The van der Waals surface area contributed by atoms with E-state index in [9.17, 15) is 9.46 Å². The molecule has 5 heteroatoms. The number of hydrogen-bond acceptors (Lipinski definition) is 2. The molecule has 0 bridgehead atoms. The van der Waals surface area contributed by atoms with Crippen molar-refractivity contribution >= 4 is 7.75 Å². The monoisotopic (exact) mass is 658 g/mol. The summed E-state index contributed by atoms with van der Waals surface area (Å²) in [5.41, 5.74) is 0. The van der Waals surface area contributed by atoms with Crippen molar-refractivity contribution in [2.75, 3.05) is 19.7 Å². The minimum atomic E-state index is -3.70. The molecular formula is C40H84NO3P. The molecular weight excluding hydrogens is 573 g/mol. The Kier molecular flexibility index (Phi) is 37.0. The first-order chi connectivity index (χ1) is 22.1. The molecule has 0 aliphatic rings. The van der Waals surface area contributed by atoms with Crippen molar-refractivity contribution in [1.82, 2.24) is 4.67 Å². The van der Waals surface area contributed by atoms with Crippen LogP contribution in [-0.2, 0) is 9.09 Å². The van der Waals surface area contributed by atoms with E-state index in [-0.39, 0.29) is 0 Å². The van der Waals surface area contributed by atoms with Gasteiger partial charge in [-0.15, -0.1) is 0 Å². The lowest BCUT2D eigenvalue weighted by molar-refractivity contribution is 0.194. The van der Waals surface area contributed by atoms with Gasteiger partial charge in [0.2, 0.25) is 0 Å². The van der Waals surface area contributed by atoms with E-state index in [0.717, 1.165) is 38.5 Å². The molecule has 1 unspecified atom stereocenters. The highest BCUT2D eigenvalue weighted by molar-refractivity contribution is 7.50. The van der Waals surface area contributed by atoms with Crippen molar-refractivity contribution in [3.05, 3.63) is 0 Å². The van der Waals surface area contributed by atoms with Crippen LogP contribution in [0.5, 0.6) is 0 Å². The SMILES string of the molecule is CCCCCCCCCCCCCCCCN(CCCCCCCCCCCCCCCC)P(=O)(O)OCCCCCCCC. The van der Waals surface area contributed by atoms with E-state index < -0.39 is 7.75 Å². The highest BCUT2D eigenvalue weighted by atomic mass is 31.2. The third kappa shape index (κ3) is 33.8. The average Bonchev–Trinajstić information content (AvgIpc) is 3.03. The lowest BCUT2D eigenvalue weighted by atomic mass is 10.0. The number of hydrogen-bond donors (Lipinski definition) is 1. The second kappa shape index (κ2) is 36.9. The second-order valence-corrected chi connectivity index (χ2v) is 16.0. The summed E-state index contributed by atoms with van der Waals surface area (Å²) in [6.07, 6.45) is 44.3. The summed E-state index contributed by atoms with van der Waals surface area (Å²) in [5, 5.41) is 0. The van der Waals surface area contributed by atoms with Gasteiger partial charge in [0.25, 0.3) is 0 Å². The lowest BCUT2D eigenvalue weighted by Crippen LogP contribution is -2.24. The van der Waals surface area contributed by atoms with Gasteiger partial charge in [-0.05, 0) is 19.3 Å². The largest absolute Gasteiger partial charge is 0.405 e. The van der Waals surface area contributed by atoms with Crippen molar-refractivity contribution < 1.29 is 14.0 Å². The molecule has 0 aromatic rings. The summed E-state index contributed by atoms with van der Waals surface area (Å²) in [7, 11) is -3.70. The van der Waals surface area contributed by atoms with Crippen LogP contribution in [0.2, 0.25) is 0 Å². The molecule has 45 heavy (non-hydrogen) atoms. The van der Waals surface area contributed by atoms with Gasteiger partial charge in [-0.25, -0.2) is 9.24 Å². The zero-order valence-corrected chi connectivity index (χ0v) is 32.2. The van der Waals surface area contributed by atoms with Crippen LogP contribution in [0.4, 0.5) is 0 Å². The van der Waals surface area contributed by atoms with Crippen LogP contribution in [-0.4, -0.2) is 29.3 Å². The van der Waals surface area contributed by atoms with Crippen molar-refractivity contribution in [1.29, 1.82) is 0 Å². The van der Waals surface area contributed by atoms with Crippen LogP contribution in [0.15, 0.2) is 0 Å². The van der Waals surface area contributed by atoms with Crippen LogP contribution >= 0.6 is 7.75 Å². The van der Waals surface area contributed by atoms with E-state index in [1.165, 1.54) is 180 Å². The van der Waals surface area contributed by atoms with Crippen LogP contribution < -0.4 is 0 Å². The van der Waals surface area contributed by atoms with Gasteiger partial charge < -0.3 is 4.89 Å². The molecule has 0 fully saturated rings. The van der Waals surface area contributed by atoms with Gasteiger partial charge in [0, 0.05) is 13.1 Å². The first-order valence-corrected chi connectivity index (χ1v) is 22.3. The second-order valence-electron chi connectivity index (χ2n) is 14.2. The summed E-state index contributed by atoms with van der Waals surface area (Å²) in [4.78, 5) is 10.9. The number of unbranched alkanes of at least 4 members (excludes halogenated alkanes) is 31. The van der Waals surface area contributed by atoms with E-state index in [1.54, 1.807) is 0 Å². The van der Waals surface area contributed by atoms with E-state index in [1.807, 2.05) is 4.67 Å². The van der Waals surface area contributed by atoms with Crippen LogP contribution in [0, 0.1) is 0 Å². The third-order valence-electron chi connectivity index (χ3n) is 9.65. The molecule has 0 saturated heterocycles. The zero-order chi connectivity index (χ0) is 32.9. The van der Waals surface area contributed by atoms with Crippen molar-refractivity contribution in [3.8, 4) is 0 Å². The molecule has 0 saturated carbocycles. The molecule has 0 rings (SSSR count). The quantitative estimate of drug-likeness (QED) is 0.0528. The summed E-state index contributed by atoms with van der Waals surface area (Å²) in [6.45, 7) is 8.61. The minimum Gasteiger partial charge on any atom is -0.312 e. The van der Waals surface area contributed by atoms with Gasteiger partial charge in [0.1, 0.15) is 0 Å². The van der Waals surface area contributed by atoms with Gasteiger partial charge in [0.15, 0.2) is 0 Å². The van der Waals surface area contributed by atoms with Crippen LogP contribution in [0.1, 0.15) is 239 Å². The summed E-state index contributed by atoms with van der Waals surface area (Å²) < 4.78 is 20.7. The fourth-order valence-electron chi connectivity index (χ4n) is 6.49. The molecule has 4 nitrogen and oxygen atoms in total. The fourth-order valence-corrected chi connectivity index (χ4v) is 7.81. The molecule has 0 heterocycles. The van der Waals surface area contributed by atoms with Crippen LogP contribution in [0.3, 0.4) is 0 Å². The van der Waals surface area contributed by atoms with E-state index >= 15 is 0 Å². The molecule has 272 valence electrons. The Morgan fingerprint density at radius 1 is 0.378 bits per heavy atom. The standard InChI is InChI=1S/C40H84NO3P/c1-4-7-10-13-16-18-20-22-24-26-28-30-32-35-38-41(45(42,43)44-40-37-34-15-12-9-6-3)39-36-33-31-29-27-25-23-21-19-17-14-11-8-5-2/h4-40H2,1-3H3,(H,42,43). The molecule has 0 aliphatic carbocycles. The smallest absolute Gasteiger partial charge is 0.312 e. The Morgan fingerprint density at radius 3 is 0.867 bits per heavy atom. The normalized spacial score (nSPS) is 13.2. The molecule has 0 aliphatic heterocycles. The first kappa shape index (κ1) is 45.1. The molecule has 0 aromatic carbocycles. The van der Waals surface area contributed by atoms with Crippen LogP contribution in [0.25, 0.3) is 0 Å². The Balaban J connectivity index is 4.13. The maximum atomic E-state index is 13.2. The highest BCUT2D eigenvalue weighted by Crippen LogP contribution is 2.47. The van der Waals surface area contributed by atoms with Gasteiger partial charge in [-0.1, -0.05) is 220 Å². The Bertz CT molecular complexity index is 570. The van der Waals surface area contributed by atoms with Gasteiger partial charge in [-0.2, -0.15) is 0 Å². The van der Waals surface area contributed by atoms with E-state index in [2.05, 4.69) is 20.8 Å². The summed E-state index contributed by atoms with van der Waals surface area (Å²) in [6, 6.07) is 0. The molecule has 0 radical (unpaired) electrons. The van der Waals surface area contributed by atoms with Gasteiger partial charge >= 0.3 is 7.75 Å². The molecule has 1 atom stereocenters. The predicted molar refractivity (Wildman–Crippen MR) is 201 cm³/mol. The van der Waals surface area contributed by atoms with E-state index in [4.69, 9.17) is 4.52 Å². The predicted octanol–water partition coefficient (Wildman–Crippen LogP) is 14.7. The molecule has 0 amide bonds. The van der Waals surface area contributed by atoms with Crippen molar-refractivity contribution in [3.63, 3.8) is 0 Å². The van der Waals surface area contributed by atoms with E-state index in [0.29, 0.717) is 19.7 Å². The van der Waals surface area contributed by atoms with Gasteiger partial charge in [0.05, 0.1) is 6.61 Å².